The van der Waals surface area contributed by atoms with Crippen LogP contribution in [0, 0.1) is 0 Å². The van der Waals surface area contributed by atoms with Crippen molar-refractivity contribution in [2.75, 3.05) is 7.11 Å². The molecule has 0 radical (unpaired) electrons. The van der Waals surface area contributed by atoms with Crippen molar-refractivity contribution in [3.63, 3.8) is 0 Å². The number of hydrogen-bond acceptors (Lipinski definition) is 5. The van der Waals surface area contributed by atoms with Crippen LogP contribution < -0.4 is 4.74 Å². The first-order chi connectivity index (χ1) is 7.72. The minimum atomic E-state index is -0.287. The summed E-state index contributed by atoms with van der Waals surface area (Å²) in [6.45, 7) is -0.287. The van der Waals surface area contributed by atoms with Gasteiger partial charge in [0.25, 0.3) is 5.89 Å². The highest BCUT2D eigenvalue weighted by molar-refractivity contribution is 6.31. The number of halogens is 1. The highest BCUT2D eigenvalue weighted by Gasteiger charge is 2.09. The molecule has 0 fully saturated rings. The van der Waals surface area contributed by atoms with E-state index in [1.165, 1.54) is 0 Å². The minimum absolute atomic E-state index is 0.161. The first kappa shape index (κ1) is 10.9. The Kier molecular flexibility index (Phi) is 3.07. The summed E-state index contributed by atoms with van der Waals surface area (Å²) in [5, 5.41) is 13.0. The maximum Gasteiger partial charge on any atom is 0.252 e. The zero-order valence-electron chi connectivity index (χ0n) is 8.48. The molecule has 0 aliphatic carbocycles. The van der Waals surface area contributed by atoms with Gasteiger partial charge in [0.2, 0.25) is 5.82 Å². The van der Waals surface area contributed by atoms with Crippen LogP contribution in [0.25, 0.3) is 11.4 Å². The van der Waals surface area contributed by atoms with Gasteiger partial charge < -0.3 is 14.4 Å². The van der Waals surface area contributed by atoms with E-state index in [0.29, 0.717) is 22.2 Å². The van der Waals surface area contributed by atoms with Crippen LogP contribution in [0.3, 0.4) is 0 Å². The van der Waals surface area contributed by atoms with Crippen molar-refractivity contribution in [3.8, 4) is 17.1 Å². The average Bonchev–Trinajstić information content (AvgIpc) is 2.76. The minimum Gasteiger partial charge on any atom is -0.497 e. The van der Waals surface area contributed by atoms with E-state index in [1.807, 2.05) is 0 Å². The highest BCUT2D eigenvalue weighted by atomic mass is 35.5. The molecule has 1 aromatic heterocycles. The number of aliphatic hydroxyl groups excluding tert-OH is 1. The van der Waals surface area contributed by atoms with E-state index in [9.17, 15) is 0 Å². The van der Waals surface area contributed by atoms with Crippen LogP contribution in [-0.2, 0) is 6.61 Å². The number of aliphatic hydroxyl groups is 1. The van der Waals surface area contributed by atoms with Crippen LogP contribution >= 0.6 is 11.6 Å². The van der Waals surface area contributed by atoms with Crippen LogP contribution in [-0.4, -0.2) is 22.4 Å². The molecule has 5 nitrogen and oxygen atoms in total. The lowest BCUT2D eigenvalue weighted by Gasteiger charge is -2.02. The smallest absolute Gasteiger partial charge is 0.252 e. The Balaban J connectivity index is 2.42. The van der Waals surface area contributed by atoms with Gasteiger partial charge in [-0.05, 0) is 18.2 Å². The summed E-state index contributed by atoms with van der Waals surface area (Å²) < 4.78 is 9.86. The molecule has 2 aromatic rings. The fourth-order valence-electron chi connectivity index (χ4n) is 1.25. The zero-order valence-corrected chi connectivity index (χ0v) is 9.23. The summed E-state index contributed by atoms with van der Waals surface area (Å²) in [6.07, 6.45) is 0. The molecule has 0 bridgehead atoms. The van der Waals surface area contributed by atoms with Crippen LogP contribution in [0.1, 0.15) is 5.89 Å². The monoisotopic (exact) mass is 240 g/mol. The van der Waals surface area contributed by atoms with Gasteiger partial charge in [-0.25, -0.2) is 0 Å². The molecule has 0 saturated heterocycles. The third kappa shape index (κ3) is 2.15. The van der Waals surface area contributed by atoms with Crippen molar-refractivity contribution in [1.29, 1.82) is 0 Å². The van der Waals surface area contributed by atoms with E-state index in [0.717, 1.165) is 0 Å². The van der Waals surface area contributed by atoms with Crippen molar-refractivity contribution in [2.24, 2.45) is 0 Å². The third-order valence-corrected chi connectivity index (χ3v) is 2.19. The van der Waals surface area contributed by atoms with Crippen LogP contribution in [0.15, 0.2) is 22.7 Å². The number of nitrogens with zero attached hydrogens (tertiary/aromatic N) is 2. The van der Waals surface area contributed by atoms with E-state index in [2.05, 4.69) is 10.1 Å². The molecule has 0 amide bonds. The molecule has 0 aliphatic rings. The largest absolute Gasteiger partial charge is 0.497 e. The number of hydrogen-bond donors (Lipinski definition) is 1. The zero-order chi connectivity index (χ0) is 11.5. The van der Waals surface area contributed by atoms with E-state index >= 15 is 0 Å². The lowest BCUT2D eigenvalue weighted by Crippen LogP contribution is -1.87. The molecule has 0 aliphatic heterocycles. The molecule has 2 rings (SSSR count). The number of rotatable bonds is 3. The first-order valence-electron chi connectivity index (χ1n) is 4.51. The van der Waals surface area contributed by atoms with Gasteiger partial charge in [0.15, 0.2) is 0 Å². The second-order valence-electron chi connectivity index (χ2n) is 3.05. The molecule has 16 heavy (non-hydrogen) atoms. The summed E-state index contributed by atoms with van der Waals surface area (Å²) in [5.41, 5.74) is 0.674. The van der Waals surface area contributed by atoms with Crippen LogP contribution in [0.4, 0.5) is 0 Å². The van der Waals surface area contributed by atoms with Gasteiger partial charge in [0.1, 0.15) is 12.4 Å². The van der Waals surface area contributed by atoms with Crippen molar-refractivity contribution < 1.29 is 14.4 Å². The quantitative estimate of drug-likeness (QED) is 0.887. The van der Waals surface area contributed by atoms with E-state index in [1.54, 1.807) is 25.3 Å². The summed E-state index contributed by atoms with van der Waals surface area (Å²) in [5.74, 6) is 1.14. The maximum atomic E-state index is 8.81. The molecule has 0 atom stereocenters. The maximum absolute atomic E-state index is 8.81. The Labute approximate surface area is 96.6 Å². The van der Waals surface area contributed by atoms with Gasteiger partial charge >= 0.3 is 0 Å². The molecule has 0 saturated carbocycles. The molecular weight excluding hydrogens is 232 g/mol. The van der Waals surface area contributed by atoms with Crippen LogP contribution in [0.5, 0.6) is 5.75 Å². The number of methoxy groups -OCH3 is 1. The topological polar surface area (TPSA) is 68.4 Å². The van der Waals surface area contributed by atoms with E-state index < -0.39 is 0 Å². The number of ether oxygens (including phenoxy) is 1. The second kappa shape index (κ2) is 4.51. The Morgan fingerprint density at radius 3 is 2.88 bits per heavy atom. The Hall–Kier alpha value is -1.59. The van der Waals surface area contributed by atoms with E-state index in [-0.39, 0.29) is 12.5 Å². The molecule has 84 valence electrons. The van der Waals surface area contributed by atoms with Gasteiger partial charge in [0.05, 0.1) is 7.11 Å². The molecule has 1 aromatic carbocycles. The Bertz CT molecular complexity index is 499. The fraction of sp³-hybridized carbons (Fsp3) is 0.200. The first-order valence-corrected chi connectivity index (χ1v) is 4.89. The van der Waals surface area contributed by atoms with Gasteiger partial charge in [-0.3, -0.25) is 0 Å². The molecule has 0 unspecified atom stereocenters. The lowest BCUT2D eigenvalue weighted by atomic mass is 10.2. The summed E-state index contributed by atoms with van der Waals surface area (Å²) in [7, 11) is 1.55. The molecule has 6 heteroatoms. The molecular formula is C10H9ClN2O3. The summed E-state index contributed by atoms with van der Waals surface area (Å²) in [4.78, 5) is 3.97. The Morgan fingerprint density at radius 1 is 1.44 bits per heavy atom. The van der Waals surface area contributed by atoms with Gasteiger partial charge in [-0.15, -0.1) is 0 Å². The van der Waals surface area contributed by atoms with E-state index in [4.69, 9.17) is 26.0 Å². The van der Waals surface area contributed by atoms with Crippen LogP contribution in [0.2, 0.25) is 5.02 Å². The molecule has 0 spiro atoms. The van der Waals surface area contributed by atoms with Crippen molar-refractivity contribution in [1.82, 2.24) is 10.1 Å². The SMILES string of the molecule is COc1cc(Cl)cc(-c2noc(CO)n2)c1. The molecule has 1 N–H and O–H groups in total. The van der Waals surface area contributed by atoms with Gasteiger partial charge in [0, 0.05) is 10.6 Å². The summed E-state index contributed by atoms with van der Waals surface area (Å²) >= 11 is 5.90. The summed E-state index contributed by atoms with van der Waals surface area (Å²) in [6, 6.07) is 5.10. The standard InChI is InChI=1S/C10H9ClN2O3/c1-15-8-3-6(2-7(11)4-8)10-12-9(5-14)16-13-10/h2-4,14H,5H2,1H3. The van der Waals surface area contributed by atoms with Crippen molar-refractivity contribution in [3.05, 3.63) is 29.1 Å². The van der Waals surface area contributed by atoms with Crippen molar-refractivity contribution in [2.45, 2.75) is 6.61 Å². The van der Waals surface area contributed by atoms with Gasteiger partial charge in [-0.2, -0.15) is 4.98 Å². The highest BCUT2D eigenvalue weighted by Crippen LogP contribution is 2.26. The average molecular weight is 241 g/mol. The predicted octanol–water partition coefficient (Wildman–Crippen LogP) is 1.89. The molecule has 1 heterocycles. The fourth-order valence-corrected chi connectivity index (χ4v) is 1.47. The lowest BCUT2D eigenvalue weighted by molar-refractivity contribution is 0.222. The van der Waals surface area contributed by atoms with Crippen molar-refractivity contribution >= 4 is 11.6 Å². The second-order valence-corrected chi connectivity index (χ2v) is 3.49. The van der Waals surface area contributed by atoms with Gasteiger partial charge in [-0.1, -0.05) is 16.8 Å². The predicted molar refractivity (Wildman–Crippen MR) is 57.2 cm³/mol. The normalized spacial score (nSPS) is 10.4. The third-order valence-electron chi connectivity index (χ3n) is 1.97. The Morgan fingerprint density at radius 2 is 2.25 bits per heavy atom. The number of aromatic nitrogens is 2. The number of benzene rings is 1.